The third-order valence-electron chi connectivity index (χ3n) is 4.95. The number of aromatic amines is 1. The number of rotatable bonds is 4. The van der Waals surface area contributed by atoms with Crippen molar-refractivity contribution in [3.63, 3.8) is 0 Å². The highest BCUT2D eigenvalue weighted by molar-refractivity contribution is 7.17. The molecule has 0 aliphatic carbocycles. The Bertz CT molecular complexity index is 1280. The molecule has 0 atom stereocenters. The molecule has 0 aliphatic heterocycles. The van der Waals surface area contributed by atoms with Crippen molar-refractivity contribution in [1.82, 2.24) is 9.97 Å². The Morgan fingerprint density at radius 1 is 0.935 bits per heavy atom. The van der Waals surface area contributed by atoms with Crippen LogP contribution in [0.3, 0.4) is 0 Å². The van der Waals surface area contributed by atoms with Gasteiger partial charge in [-0.3, -0.25) is 10.1 Å². The van der Waals surface area contributed by atoms with Gasteiger partial charge in [0, 0.05) is 28.5 Å². The second kappa shape index (κ2) is 8.23. The number of nitrogens with zero attached hydrogens (tertiary/aromatic N) is 1. The quantitative estimate of drug-likeness (QED) is 0.329. The van der Waals surface area contributed by atoms with Crippen LogP contribution in [0.5, 0.6) is 0 Å². The summed E-state index contributed by atoms with van der Waals surface area (Å²) in [5.74, 6) is -0.239. The molecule has 3 amide bonds. The summed E-state index contributed by atoms with van der Waals surface area (Å²) in [5.41, 5.74) is 6.19. The predicted octanol–water partition coefficient (Wildman–Crippen LogP) is 5.75. The number of H-pyrrole nitrogens is 1. The molecule has 7 nitrogen and oxygen atoms in total. The third-order valence-corrected chi connectivity index (χ3v) is 6.02. The molecule has 4 N–H and O–H groups in total. The Kier molecular flexibility index (Phi) is 5.48. The van der Waals surface area contributed by atoms with Gasteiger partial charge in [0.15, 0.2) is 5.13 Å². The molecule has 0 fully saturated rings. The summed E-state index contributed by atoms with van der Waals surface area (Å²) >= 11 is 1.14. The first-order valence-electron chi connectivity index (χ1n) is 9.82. The minimum Gasteiger partial charge on any atom is -0.361 e. The van der Waals surface area contributed by atoms with Crippen LogP contribution in [0.1, 0.15) is 32.1 Å². The zero-order valence-electron chi connectivity index (χ0n) is 17.7. The van der Waals surface area contributed by atoms with E-state index in [1.54, 1.807) is 6.92 Å². The smallest absolute Gasteiger partial charge is 0.325 e. The summed E-state index contributed by atoms with van der Waals surface area (Å²) in [7, 11) is 0. The lowest BCUT2D eigenvalue weighted by Gasteiger charge is -2.12. The monoisotopic (exact) mass is 433 g/mol. The molecule has 2 aromatic carbocycles. The highest BCUT2D eigenvalue weighted by atomic mass is 32.1. The Hall–Kier alpha value is -3.65. The molecule has 4 aromatic rings. The molecule has 2 aromatic heterocycles. The predicted molar refractivity (Wildman–Crippen MR) is 126 cm³/mol. The van der Waals surface area contributed by atoms with E-state index in [2.05, 4.69) is 25.9 Å². The van der Waals surface area contributed by atoms with Crippen LogP contribution in [0, 0.1) is 27.7 Å². The second-order valence-electron chi connectivity index (χ2n) is 7.52. The third kappa shape index (κ3) is 4.44. The number of anilines is 3. The SMILES string of the molecule is Cc1cc(C)c(NC(=O)c2sc(NC(=O)Nc3ccc4[nH]ccc4c3)nc2C)c(C)c1. The van der Waals surface area contributed by atoms with Gasteiger partial charge in [-0.2, -0.15) is 0 Å². The molecular formula is C23H23N5O2S. The lowest BCUT2D eigenvalue weighted by Crippen LogP contribution is -2.19. The Morgan fingerprint density at radius 2 is 1.68 bits per heavy atom. The summed E-state index contributed by atoms with van der Waals surface area (Å²) in [6.07, 6.45) is 1.85. The standard InChI is InChI=1S/C23H23N5O2S/c1-12-9-13(2)19(14(3)10-12)27-21(29)20-15(4)25-23(31-20)28-22(30)26-17-5-6-18-16(11-17)7-8-24-18/h5-11,24H,1-4H3,(H,27,29)(H2,25,26,28,30). The highest BCUT2D eigenvalue weighted by Gasteiger charge is 2.18. The van der Waals surface area contributed by atoms with Gasteiger partial charge in [-0.15, -0.1) is 0 Å². The molecule has 0 radical (unpaired) electrons. The van der Waals surface area contributed by atoms with E-state index in [9.17, 15) is 9.59 Å². The fourth-order valence-electron chi connectivity index (χ4n) is 3.60. The molecule has 0 spiro atoms. The number of hydrogen-bond donors (Lipinski definition) is 4. The summed E-state index contributed by atoms with van der Waals surface area (Å²) < 4.78 is 0. The van der Waals surface area contributed by atoms with Crippen LogP contribution in [0.2, 0.25) is 0 Å². The number of carbonyl (C=O) groups excluding carboxylic acids is 2. The van der Waals surface area contributed by atoms with E-state index < -0.39 is 6.03 Å². The van der Waals surface area contributed by atoms with Crippen molar-refractivity contribution >= 4 is 50.7 Å². The van der Waals surface area contributed by atoms with E-state index >= 15 is 0 Å². The number of hydrogen-bond acceptors (Lipinski definition) is 4. The average Bonchev–Trinajstić information content (AvgIpc) is 3.30. The largest absolute Gasteiger partial charge is 0.361 e. The molecule has 0 bridgehead atoms. The van der Waals surface area contributed by atoms with Gasteiger partial charge in [-0.1, -0.05) is 29.0 Å². The van der Waals surface area contributed by atoms with Gasteiger partial charge >= 0.3 is 6.03 Å². The fraction of sp³-hybridized carbons (Fsp3) is 0.174. The fourth-order valence-corrected chi connectivity index (χ4v) is 4.46. The van der Waals surface area contributed by atoms with Gasteiger partial charge in [0.1, 0.15) is 4.88 Å². The lowest BCUT2D eigenvalue weighted by molar-refractivity contribution is 0.102. The molecule has 31 heavy (non-hydrogen) atoms. The van der Waals surface area contributed by atoms with Crippen molar-refractivity contribution in [3.05, 3.63) is 69.9 Å². The molecule has 0 unspecified atom stereocenters. The van der Waals surface area contributed by atoms with Crippen molar-refractivity contribution in [3.8, 4) is 0 Å². The van der Waals surface area contributed by atoms with Gasteiger partial charge < -0.3 is 15.6 Å². The summed E-state index contributed by atoms with van der Waals surface area (Å²) in [6.45, 7) is 7.72. The molecule has 8 heteroatoms. The van der Waals surface area contributed by atoms with Crippen LogP contribution in [-0.2, 0) is 0 Å². The summed E-state index contributed by atoms with van der Waals surface area (Å²) in [6, 6.07) is 11.2. The number of aryl methyl sites for hydroxylation is 4. The van der Waals surface area contributed by atoms with E-state index in [0.29, 0.717) is 21.4 Å². The molecule has 0 saturated carbocycles. The zero-order valence-corrected chi connectivity index (χ0v) is 18.5. The average molecular weight is 434 g/mol. The number of thiazole rings is 1. The zero-order chi connectivity index (χ0) is 22.1. The Balaban J connectivity index is 1.45. The summed E-state index contributed by atoms with van der Waals surface area (Å²) in [4.78, 5) is 33.1. The van der Waals surface area contributed by atoms with Gasteiger partial charge in [0.25, 0.3) is 5.91 Å². The molecule has 4 rings (SSSR count). The molecule has 158 valence electrons. The van der Waals surface area contributed by atoms with E-state index in [0.717, 1.165) is 44.6 Å². The normalized spacial score (nSPS) is 10.8. The first-order chi connectivity index (χ1) is 14.8. The van der Waals surface area contributed by atoms with Crippen LogP contribution >= 0.6 is 11.3 Å². The van der Waals surface area contributed by atoms with Crippen LogP contribution in [-0.4, -0.2) is 21.9 Å². The number of aromatic nitrogens is 2. The minimum atomic E-state index is -0.416. The summed E-state index contributed by atoms with van der Waals surface area (Å²) in [5, 5.41) is 9.85. The van der Waals surface area contributed by atoms with Crippen molar-refractivity contribution in [2.24, 2.45) is 0 Å². The van der Waals surface area contributed by atoms with Crippen LogP contribution < -0.4 is 16.0 Å². The topological polar surface area (TPSA) is 98.9 Å². The number of carbonyl (C=O) groups is 2. The lowest BCUT2D eigenvalue weighted by atomic mass is 10.1. The van der Waals surface area contributed by atoms with Crippen LogP contribution in [0.4, 0.5) is 21.3 Å². The first kappa shape index (κ1) is 20.6. The maximum Gasteiger partial charge on any atom is 0.325 e. The van der Waals surface area contributed by atoms with Crippen molar-refractivity contribution < 1.29 is 9.59 Å². The number of nitrogens with one attached hydrogen (secondary N) is 4. The van der Waals surface area contributed by atoms with Crippen LogP contribution in [0.15, 0.2) is 42.6 Å². The molecule has 0 saturated heterocycles. The Labute approximate surface area is 183 Å². The van der Waals surface area contributed by atoms with E-state index in [1.807, 2.05) is 63.4 Å². The second-order valence-corrected chi connectivity index (χ2v) is 8.52. The number of urea groups is 1. The van der Waals surface area contributed by atoms with Gasteiger partial charge in [0.2, 0.25) is 0 Å². The Morgan fingerprint density at radius 3 is 2.42 bits per heavy atom. The van der Waals surface area contributed by atoms with Gasteiger partial charge in [0.05, 0.1) is 5.69 Å². The maximum absolute atomic E-state index is 12.8. The number of amides is 3. The van der Waals surface area contributed by atoms with Crippen molar-refractivity contribution in [2.45, 2.75) is 27.7 Å². The maximum atomic E-state index is 12.8. The van der Waals surface area contributed by atoms with Gasteiger partial charge in [-0.25, -0.2) is 9.78 Å². The van der Waals surface area contributed by atoms with E-state index in [-0.39, 0.29) is 5.91 Å². The minimum absolute atomic E-state index is 0.239. The van der Waals surface area contributed by atoms with Crippen molar-refractivity contribution in [2.75, 3.05) is 16.0 Å². The van der Waals surface area contributed by atoms with Gasteiger partial charge in [-0.05, 0) is 63.1 Å². The molecular weight excluding hydrogens is 410 g/mol. The van der Waals surface area contributed by atoms with E-state index in [1.165, 1.54) is 0 Å². The number of fused-ring (bicyclic) bond motifs is 1. The highest BCUT2D eigenvalue weighted by Crippen LogP contribution is 2.27. The van der Waals surface area contributed by atoms with E-state index in [4.69, 9.17) is 0 Å². The first-order valence-corrected chi connectivity index (χ1v) is 10.6. The molecule has 2 heterocycles. The van der Waals surface area contributed by atoms with Crippen molar-refractivity contribution in [1.29, 1.82) is 0 Å². The molecule has 0 aliphatic rings. The van der Waals surface area contributed by atoms with Crippen LogP contribution in [0.25, 0.3) is 10.9 Å². The number of benzene rings is 2.